The number of hydrogen-bond donors (Lipinski definition) is 1. The van der Waals surface area contributed by atoms with E-state index in [4.69, 9.17) is 11.6 Å². The summed E-state index contributed by atoms with van der Waals surface area (Å²) in [6.45, 7) is -0.349. The van der Waals surface area contributed by atoms with Crippen LogP contribution in [-0.4, -0.2) is 39.3 Å². The van der Waals surface area contributed by atoms with E-state index in [0.717, 1.165) is 20.2 Å². The summed E-state index contributed by atoms with van der Waals surface area (Å²) in [4.78, 5) is 12.3. The third-order valence-electron chi connectivity index (χ3n) is 3.55. The van der Waals surface area contributed by atoms with Gasteiger partial charge in [0.05, 0.1) is 5.69 Å². The number of amides is 1. The second-order valence-electron chi connectivity index (χ2n) is 5.65. The van der Waals surface area contributed by atoms with Gasteiger partial charge in [-0.2, -0.15) is 12.7 Å². The SMILES string of the molecule is CN(C)S(=O)(=O)N(CC(=O)NCc1ccc(Cl)cc1)c1ccccc1F. The normalized spacial score (nSPS) is 11.4. The molecule has 2 aromatic carbocycles. The number of carbonyl (C=O) groups is 1. The molecule has 0 fully saturated rings. The minimum atomic E-state index is -4.05. The minimum Gasteiger partial charge on any atom is -0.350 e. The van der Waals surface area contributed by atoms with Crippen molar-refractivity contribution in [1.82, 2.24) is 9.62 Å². The summed E-state index contributed by atoms with van der Waals surface area (Å²) in [5.74, 6) is -1.29. The Morgan fingerprint density at radius 1 is 1.12 bits per heavy atom. The number of carbonyl (C=O) groups excluding carboxylic acids is 1. The van der Waals surface area contributed by atoms with E-state index in [9.17, 15) is 17.6 Å². The van der Waals surface area contributed by atoms with Crippen molar-refractivity contribution < 1.29 is 17.6 Å². The molecule has 0 saturated carbocycles. The van der Waals surface area contributed by atoms with Crippen LogP contribution in [0.5, 0.6) is 0 Å². The molecule has 0 aliphatic carbocycles. The smallest absolute Gasteiger partial charge is 0.304 e. The Balaban J connectivity index is 2.17. The van der Waals surface area contributed by atoms with E-state index in [2.05, 4.69) is 5.32 Å². The Morgan fingerprint density at radius 3 is 2.31 bits per heavy atom. The molecular formula is C17H19ClFN3O3S. The second kappa shape index (κ2) is 8.48. The third kappa shape index (κ3) is 4.94. The zero-order valence-corrected chi connectivity index (χ0v) is 15.9. The summed E-state index contributed by atoms with van der Waals surface area (Å²) in [6.07, 6.45) is 0. The molecule has 0 aliphatic heterocycles. The van der Waals surface area contributed by atoms with E-state index >= 15 is 0 Å². The first-order chi connectivity index (χ1) is 12.2. The fourth-order valence-corrected chi connectivity index (χ4v) is 3.33. The topological polar surface area (TPSA) is 69.7 Å². The molecule has 0 unspecified atom stereocenters. The quantitative estimate of drug-likeness (QED) is 0.777. The number of para-hydroxylation sites is 1. The van der Waals surface area contributed by atoms with Gasteiger partial charge in [0, 0.05) is 25.7 Å². The molecule has 0 atom stereocenters. The van der Waals surface area contributed by atoms with Crippen molar-refractivity contribution in [2.24, 2.45) is 0 Å². The van der Waals surface area contributed by atoms with Crippen LogP contribution in [0, 0.1) is 5.82 Å². The number of anilines is 1. The van der Waals surface area contributed by atoms with Gasteiger partial charge in [-0.25, -0.2) is 8.70 Å². The monoisotopic (exact) mass is 399 g/mol. The van der Waals surface area contributed by atoms with E-state index in [-0.39, 0.29) is 12.2 Å². The molecule has 0 aromatic heterocycles. The van der Waals surface area contributed by atoms with Crippen molar-refractivity contribution in [1.29, 1.82) is 0 Å². The van der Waals surface area contributed by atoms with Gasteiger partial charge in [0.2, 0.25) is 5.91 Å². The summed E-state index contributed by atoms with van der Waals surface area (Å²) < 4.78 is 40.8. The zero-order valence-electron chi connectivity index (χ0n) is 14.3. The zero-order chi connectivity index (χ0) is 19.3. The number of benzene rings is 2. The van der Waals surface area contributed by atoms with Crippen LogP contribution >= 0.6 is 11.6 Å². The maximum absolute atomic E-state index is 14.1. The molecule has 26 heavy (non-hydrogen) atoms. The largest absolute Gasteiger partial charge is 0.350 e. The van der Waals surface area contributed by atoms with Gasteiger partial charge in [0.1, 0.15) is 12.4 Å². The Labute approximate surface area is 157 Å². The number of rotatable bonds is 7. The molecule has 1 N–H and O–H groups in total. The van der Waals surface area contributed by atoms with Gasteiger partial charge in [-0.3, -0.25) is 4.79 Å². The molecule has 0 spiro atoms. The van der Waals surface area contributed by atoms with Crippen molar-refractivity contribution in [2.45, 2.75) is 6.54 Å². The molecule has 0 bridgehead atoms. The molecule has 6 nitrogen and oxygen atoms in total. The van der Waals surface area contributed by atoms with Gasteiger partial charge >= 0.3 is 10.2 Å². The van der Waals surface area contributed by atoms with Crippen LogP contribution in [0.25, 0.3) is 0 Å². The van der Waals surface area contributed by atoms with Crippen LogP contribution in [0.1, 0.15) is 5.56 Å². The Morgan fingerprint density at radius 2 is 1.73 bits per heavy atom. The van der Waals surface area contributed by atoms with Gasteiger partial charge in [-0.15, -0.1) is 0 Å². The number of halogens is 2. The summed E-state index contributed by atoms with van der Waals surface area (Å²) in [5, 5.41) is 3.19. The van der Waals surface area contributed by atoms with Crippen LogP contribution < -0.4 is 9.62 Å². The van der Waals surface area contributed by atoms with Crippen LogP contribution in [0.3, 0.4) is 0 Å². The van der Waals surface area contributed by atoms with E-state index < -0.39 is 28.5 Å². The Kier molecular flexibility index (Phi) is 6.57. The van der Waals surface area contributed by atoms with Gasteiger partial charge < -0.3 is 5.32 Å². The van der Waals surface area contributed by atoms with Crippen LogP contribution in [0.4, 0.5) is 10.1 Å². The molecular weight excluding hydrogens is 381 g/mol. The van der Waals surface area contributed by atoms with Crippen LogP contribution in [0.15, 0.2) is 48.5 Å². The third-order valence-corrected chi connectivity index (χ3v) is 5.61. The fraction of sp³-hybridized carbons (Fsp3) is 0.235. The molecule has 9 heteroatoms. The van der Waals surface area contributed by atoms with Gasteiger partial charge in [-0.05, 0) is 29.8 Å². The summed E-state index contributed by atoms with van der Waals surface area (Å²) in [7, 11) is -1.42. The van der Waals surface area contributed by atoms with Crippen molar-refractivity contribution in [3.63, 3.8) is 0 Å². The van der Waals surface area contributed by atoms with E-state index in [1.165, 1.54) is 32.3 Å². The minimum absolute atomic E-state index is 0.192. The summed E-state index contributed by atoms with van der Waals surface area (Å²) >= 11 is 5.80. The molecule has 1 amide bonds. The lowest BCUT2D eigenvalue weighted by Gasteiger charge is -2.27. The highest BCUT2D eigenvalue weighted by Gasteiger charge is 2.29. The van der Waals surface area contributed by atoms with Crippen molar-refractivity contribution >= 4 is 33.4 Å². The first kappa shape index (κ1) is 20.2. The standard InChI is InChI=1S/C17H19ClFN3O3S/c1-21(2)26(24,25)22(16-6-4-3-5-15(16)19)12-17(23)20-11-13-7-9-14(18)10-8-13/h3-10H,11-12H2,1-2H3,(H,20,23). The number of nitrogens with one attached hydrogen (secondary N) is 1. The lowest BCUT2D eigenvalue weighted by Crippen LogP contribution is -2.46. The second-order valence-corrected chi connectivity index (χ2v) is 8.15. The van der Waals surface area contributed by atoms with Gasteiger partial charge in [0.15, 0.2) is 0 Å². The molecule has 0 radical (unpaired) electrons. The fourth-order valence-electron chi connectivity index (χ4n) is 2.13. The summed E-state index contributed by atoms with van der Waals surface area (Å²) in [5.41, 5.74) is 0.610. The van der Waals surface area contributed by atoms with Gasteiger partial charge in [0.25, 0.3) is 0 Å². The molecule has 0 saturated heterocycles. The highest BCUT2D eigenvalue weighted by molar-refractivity contribution is 7.90. The molecule has 140 valence electrons. The maximum Gasteiger partial charge on any atom is 0.304 e. The Hall–Kier alpha value is -2.16. The lowest BCUT2D eigenvalue weighted by molar-refractivity contribution is -0.119. The summed E-state index contributed by atoms with van der Waals surface area (Å²) in [6, 6.07) is 12.3. The highest BCUT2D eigenvalue weighted by Crippen LogP contribution is 2.22. The maximum atomic E-state index is 14.1. The predicted molar refractivity (Wildman–Crippen MR) is 99.7 cm³/mol. The van der Waals surface area contributed by atoms with Crippen molar-refractivity contribution in [3.8, 4) is 0 Å². The van der Waals surface area contributed by atoms with Crippen LogP contribution in [0.2, 0.25) is 5.02 Å². The average molecular weight is 400 g/mol. The van der Waals surface area contributed by atoms with Crippen LogP contribution in [-0.2, 0) is 21.5 Å². The van der Waals surface area contributed by atoms with E-state index in [1.54, 1.807) is 24.3 Å². The van der Waals surface area contributed by atoms with Gasteiger partial charge in [-0.1, -0.05) is 35.9 Å². The predicted octanol–water partition coefficient (Wildman–Crippen LogP) is 2.41. The molecule has 0 aliphatic rings. The van der Waals surface area contributed by atoms with E-state index in [1.807, 2.05) is 0 Å². The average Bonchev–Trinajstić information content (AvgIpc) is 2.59. The van der Waals surface area contributed by atoms with Crippen molar-refractivity contribution in [2.75, 3.05) is 24.9 Å². The highest BCUT2D eigenvalue weighted by atomic mass is 35.5. The number of nitrogens with zero attached hydrogens (tertiary/aromatic N) is 2. The first-order valence-electron chi connectivity index (χ1n) is 7.67. The number of hydrogen-bond acceptors (Lipinski definition) is 3. The Bertz CT molecular complexity index is 873. The molecule has 2 aromatic rings. The van der Waals surface area contributed by atoms with Crippen molar-refractivity contribution in [3.05, 3.63) is 64.9 Å². The van der Waals surface area contributed by atoms with E-state index in [0.29, 0.717) is 5.02 Å². The first-order valence-corrected chi connectivity index (χ1v) is 9.45. The molecule has 2 rings (SSSR count). The molecule has 0 heterocycles. The lowest BCUT2D eigenvalue weighted by atomic mass is 10.2.